The van der Waals surface area contributed by atoms with E-state index in [2.05, 4.69) is 9.47 Å². The van der Waals surface area contributed by atoms with Gasteiger partial charge in [0.1, 0.15) is 13.2 Å². The Bertz CT molecular complexity index is 99.1. The third-order valence-corrected chi connectivity index (χ3v) is 0.550. The molecule has 51 valence electrons. The zero-order valence-corrected chi connectivity index (χ0v) is 5.05. The number of carbonyl (C=O) groups is 1. The van der Waals surface area contributed by atoms with Gasteiger partial charge in [-0.1, -0.05) is 0 Å². The van der Waals surface area contributed by atoms with Crippen LogP contribution in [0.1, 0.15) is 6.92 Å². The first-order valence-electron chi connectivity index (χ1n) is 2.39. The van der Waals surface area contributed by atoms with E-state index in [9.17, 15) is 9.59 Å². The Balaban J connectivity index is 2.91. The van der Waals surface area contributed by atoms with E-state index in [1.54, 1.807) is 0 Å². The fraction of sp³-hybridized carbons (Fsp3) is 0.600. The first kappa shape index (κ1) is 7.94. The van der Waals surface area contributed by atoms with Gasteiger partial charge >= 0.3 is 12.4 Å². The van der Waals surface area contributed by atoms with Crippen LogP contribution in [-0.4, -0.2) is 25.7 Å². The van der Waals surface area contributed by atoms with Crippen LogP contribution >= 0.6 is 0 Å². The summed E-state index contributed by atoms with van der Waals surface area (Å²) >= 11 is 0. The summed E-state index contributed by atoms with van der Waals surface area (Å²) in [4.78, 5) is 19.4. The van der Waals surface area contributed by atoms with E-state index in [0.717, 1.165) is 0 Å². The van der Waals surface area contributed by atoms with Crippen molar-refractivity contribution in [3.05, 3.63) is 0 Å². The van der Waals surface area contributed by atoms with E-state index in [0.29, 0.717) is 0 Å². The van der Waals surface area contributed by atoms with Gasteiger partial charge in [0, 0.05) is 6.92 Å². The lowest BCUT2D eigenvalue weighted by Gasteiger charge is -1.97. The maximum atomic E-state index is 10.0. The van der Waals surface area contributed by atoms with Gasteiger partial charge < -0.3 is 9.47 Å². The zero-order chi connectivity index (χ0) is 7.11. The van der Waals surface area contributed by atoms with Crippen LogP contribution in [0.5, 0.6) is 0 Å². The molecular weight excluding hydrogens is 124 g/mol. The average Bonchev–Trinajstić information content (AvgIpc) is 1.80. The summed E-state index contributed by atoms with van der Waals surface area (Å²) in [5, 5.41) is 0. The number of ether oxygens (including phenoxy) is 2. The second-order valence-corrected chi connectivity index (χ2v) is 1.27. The number of carbonyl (C=O) groups excluding carboxylic acids is 2. The summed E-state index contributed by atoms with van der Waals surface area (Å²) in [6.07, 6.45) is 0. The lowest BCUT2D eigenvalue weighted by molar-refractivity contribution is -0.141. The first-order chi connectivity index (χ1) is 4.27. The highest BCUT2D eigenvalue weighted by Crippen LogP contribution is 1.75. The Morgan fingerprint density at radius 2 is 2.22 bits per heavy atom. The minimum absolute atomic E-state index is 0.0725. The molecule has 0 bridgehead atoms. The molecule has 0 aromatic rings. The van der Waals surface area contributed by atoms with Crippen molar-refractivity contribution in [3.8, 4) is 0 Å². The van der Waals surface area contributed by atoms with Crippen LogP contribution in [0.15, 0.2) is 0 Å². The fourth-order valence-corrected chi connectivity index (χ4v) is 0.269. The summed E-state index contributed by atoms with van der Waals surface area (Å²) in [5.41, 5.74) is 0. The highest BCUT2D eigenvalue weighted by Gasteiger charge is 1.90. The molecule has 0 saturated heterocycles. The van der Waals surface area contributed by atoms with Crippen LogP contribution in [-0.2, 0) is 19.1 Å². The molecule has 0 unspecified atom stereocenters. The summed E-state index contributed by atoms with van der Waals surface area (Å²) in [7, 11) is 0. The van der Waals surface area contributed by atoms with E-state index in [1.807, 2.05) is 0 Å². The van der Waals surface area contributed by atoms with Gasteiger partial charge in [0.2, 0.25) is 0 Å². The van der Waals surface area contributed by atoms with Gasteiger partial charge in [0.25, 0.3) is 0 Å². The molecule has 0 aliphatic carbocycles. The molecular formula is C5H7O4. The molecule has 0 atom stereocenters. The number of esters is 1. The van der Waals surface area contributed by atoms with Gasteiger partial charge in [-0.15, -0.1) is 0 Å². The average molecular weight is 131 g/mol. The monoisotopic (exact) mass is 131 g/mol. The number of hydrogen-bond acceptors (Lipinski definition) is 4. The van der Waals surface area contributed by atoms with Crippen molar-refractivity contribution in [3.63, 3.8) is 0 Å². The van der Waals surface area contributed by atoms with E-state index < -0.39 is 0 Å². The molecule has 0 spiro atoms. The topological polar surface area (TPSA) is 52.6 Å². The third-order valence-electron chi connectivity index (χ3n) is 0.550. The Hall–Kier alpha value is -1.06. The Labute approximate surface area is 52.7 Å². The summed E-state index contributed by atoms with van der Waals surface area (Å²) < 4.78 is 8.50. The quantitative estimate of drug-likeness (QED) is 0.386. The Kier molecular flexibility index (Phi) is 4.49. The predicted molar refractivity (Wildman–Crippen MR) is 28.3 cm³/mol. The van der Waals surface area contributed by atoms with Crippen molar-refractivity contribution < 1.29 is 19.1 Å². The van der Waals surface area contributed by atoms with Gasteiger partial charge in [-0.25, -0.2) is 4.79 Å². The molecule has 0 aliphatic rings. The van der Waals surface area contributed by atoms with Crippen LogP contribution in [0, 0.1) is 0 Å². The van der Waals surface area contributed by atoms with Gasteiger partial charge in [-0.3, -0.25) is 4.79 Å². The zero-order valence-electron chi connectivity index (χ0n) is 5.05. The van der Waals surface area contributed by atoms with Gasteiger partial charge in [0.15, 0.2) is 0 Å². The molecule has 4 nitrogen and oxygen atoms in total. The SMILES string of the molecule is CC(=O)OCCO[C]=O. The van der Waals surface area contributed by atoms with Crippen molar-refractivity contribution in [2.24, 2.45) is 0 Å². The van der Waals surface area contributed by atoms with E-state index >= 15 is 0 Å². The normalized spacial score (nSPS) is 8.11. The van der Waals surface area contributed by atoms with Crippen molar-refractivity contribution in [2.45, 2.75) is 6.92 Å². The van der Waals surface area contributed by atoms with Crippen LogP contribution in [0.2, 0.25) is 0 Å². The van der Waals surface area contributed by atoms with Crippen LogP contribution in [0.25, 0.3) is 0 Å². The van der Waals surface area contributed by atoms with E-state index in [-0.39, 0.29) is 19.2 Å². The molecule has 0 saturated carbocycles. The lowest BCUT2D eigenvalue weighted by atomic mass is 10.7. The van der Waals surface area contributed by atoms with Crippen LogP contribution in [0.4, 0.5) is 0 Å². The molecule has 0 aromatic carbocycles. The Morgan fingerprint density at radius 1 is 1.56 bits per heavy atom. The summed E-state index contributed by atoms with van der Waals surface area (Å²) in [6.45, 7) is 2.66. The predicted octanol–water partition coefficient (Wildman–Crippen LogP) is -0.367. The lowest BCUT2D eigenvalue weighted by Crippen LogP contribution is -2.06. The van der Waals surface area contributed by atoms with E-state index in [1.165, 1.54) is 13.4 Å². The summed E-state index contributed by atoms with van der Waals surface area (Å²) in [5.74, 6) is -0.385. The van der Waals surface area contributed by atoms with Gasteiger partial charge in [-0.2, -0.15) is 0 Å². The summed E-state index contributed by atoms with van der Waals surface area (Å²) in [6, 6.07) is 0. The molecule has 0 aromatic heterocycles. The number of hydrogen-bond donors (Lipinski definition) is 0. The minimum Gasteiger partial charge on any atom is -0.462 e. The van der Waals surface area contributed by atoms with Crippen molar-refractivity contribution in [1.29, 1.82) is 0 Å². The largest absolute Gasteiger partial charge is 0.462 e. The molecule has 0 heterocycles. The standard InChI is InChI=1S/C5H7O4/c1-5(7)9-3-2-8-4-6/h2-3H2,1H3. The van der Waals surface area contributed by atoms with Gasteiger partial charge in [-0.05, 0) is 0 Å². The number of rotatable bonds is 4. The second kappa shape index (κ2) is 5.08. The first-order valence-corrected chi connectivity index (χ1v) is 2.39. The van der Waals surface area contributed by atoms with Crippen molar-refractivity contribution >= 4 is 12.4 Å². The molecule has 0 fully saturated rings. The van der Waals surface area contributed by atoms with Crippen molar-refractivity contribution in [1.82, 2.24) is 0 Å². The van der Waals surface area contributed by atoms with Crippen molar-refractivity contribution in [2.75, 3.05) is 13.2 Å². The van der Waals surface area contributed by atoms with Crippen LogP contribution < -0.4 is 0 Å². The van der Waals surface area contributed by atoms with Crippen LogP contribution in [0.3, 0.4) is 0 Å². The molecule has 0 rings (SSSR count). The maximum Gasteiger partial charge on any atom is 0.417 e. The smallest absolute Gasteiger partial charge is 0.417 e. The van der Waals surface area contributed by atoms with E-state index in [4.69, 9.17) is 0 Å². The van der Waals surface area contributed by atoms with Gasteiger partial charge in [0.05, 0.1) is 0 Å². The second-order valence-electron chi connectivity index (χ2n) is 1.27. The molecule has 0 aliphatic heterocycles. The Morgan fingerprint density at radius 3 is 2.67 bits per heavy atom. The third kappa shape index (κ3) is 6.94. The molecule has 0 N–H and O–H groups in total. The highest BCUT2D eigenvalue weighted by atomic mass is 16.6. The molecule has 9 heavy (non-hydrogen) atoms. The minimum atomic E-state index is -0.385. The fourth-order valence-electron chi connectivity index (χ4n) is 0.269. The highest BCUT2D eigenvalue weighted by molar-refractivity contribution is 5.65. The molecule has 0 amide bonds. The molecule has 1 radical (unpaired) electrons. The maximum absolute atomic E-state index is 10.0. The molecule has 4 heteroatoms.